The average molecular weight is 226 g/mol. The maximum absolute atomic E-state index is 10.3. The maximum Gasteiger partial charge on any atom is 0.0417 e. The Balaban J connectivity index is 2.22. The average Bonchev–Trinajstić information content (AvgIpc) is 2.57. The summed E-state index contributed by atoms with van der Waals surface area (Å²) in [6, 6.07) is 9.99. The Morgan fingerprint density at radius 1 is 1.43 bits per heavy atom. The van der Waals surface area contributed by atoms with Crippen LogP contribution in [0, 0.1) is 0 Å². The van der Waals surface area contributed by atoms with Gasteiger partial charge < -0.3 is 4.55 Å². The normalized spacial score (nSPS) is 13.2. The van der Waals surface area contributed by atoms with Crippen molar-refractivity contribution in [2.75, 3.05) is 0 Å². The molecule has 1 aromatic heterocycles. The molecule has 14 heavy (non-hydrogen) atoms. The van der Waals surface area contributed by atoms with Gasteiger partial charge in [0.25, 0.3) is 0 Å². The lowest BCUT2D eigenvalue weighted by molar-refractivity contribution is 0.523. The smallest absolute Gasteiger partial charge is 0.0417 e. The molecule has 0 aliphatic rings. The standard InChI is InChI=1S/C9H9NO2S2/c11-14(12)10-6-8-5-7-3-1-2-4-9(7)13-8/h1-5,10H,6H2,(H,11,12)/p-1. The first-order valence-electron chi connectivity index (χ1n) is 4.06. The highest BCUT2D eigenvalue weighted by Gasteiger charge is 1.99. The predicted octanol–water partition coefficient (Wildman–Crippen LogP) is 1.79. The van der Waals surface area contributed by atoms with Crippen molar-refractivity contribution in [2.24, 2.45) is 0 Å². The lowest BCUT2D eigenvalue weighted by Gasteiger charge is -2.03. The van der Waals surface area contributed by atoms with Crippen molar-refractivity contribution in [3.8, 4) is 0 Å². The van der Waals surface area contributed by atoms with Crippen LogP contribution in [0.15, 0.2) is 30.3 Å². The first-order valence-corrected chi connectivity index (χ1v) is 5.95. The van der Waals surface area contributed by atoms with Gasteiger partial charge in [-0.3, -0.25) is 4.21 Å². The number of rotatable bonds is 3. The van der Waals surface area contributed by atoms with E-state index in [0.717, 1.165) is 10.3 Å². The molecule has 1 unspecified atom stereocenters. The van der Waals surface area contributed by atoms with Crippen molar-refractivity contribution < 1.29 is 8.76 Å². The second-order valence-corrected chi connectivity index (χ2v) is 4.73. The number of hydrogen-bond donors (Lipinski definition) is 1. The molecule has 0 aliphatic heterocycles. The van der Waals surface area contributed by atoms with Gasteiger partial charge in [0.05, 0.1) is 0 Å². The van der Waals surface area contributed by atoms with Crippen LogP contribution in [0.3, 0.4) is 0 Å². The van der Waals surface area contributed by atoms with Gasteiger partial charge in [-0.2, -0.15) is 0 Å². The number of thiophene rings is 1. The molecule has 0 amide bonds. The molecule has 1 atom stereocenters. The molecule has 2 aromatic rings. The summed E-state index contributed by atoms with van der Waals surface area (Å²) < 4.78 is 24.1. The van der Waals surface area contributed by atoms with E-state index in [-0.39, 0.29) is 0 Å². The summed E-state index contributed by atoms with van der Waals surface area (Å²) >= 11 is -0.578. The van der Waals surface area contributed by atoms with E-state index in [2.05, 4.69) is 4.72 Å². The van der Waals surface area contributed by atoms with Gasteiger partial charge in [-0.15, -0.1) is 11.3 Å². The molecule has 2 rings (SSSR count). The molecule has 1 aromatic carbocycles. The van der Waals surface area contributed by atoms with Crippen LogP contribution in [0.25, 0.3) is 10.1 Å². The van der Waals surface area contributed by atoms with E-state index in [1.807, 2.05) is 30.3 Å². The van der Waals surface area contributed by atoms with E-state index in [4.69, 9.17) is 0 Å². The summed E-state index contributed by atoms with van der Waals surface area (Å²) in [5, 5.41) is 1.16. The van der Waals surface area contributed by atoms with E-state index in [1.165, 1.54) is 4.70 Å². The Hall–Kier alpha value is -0.750. The first-order chi connectivity index (χ1) is 6.75. The van der Waals surface area contributed by atoms with E-state index in [9.17, 15) is 8.76 Å². The monoisotopic (exact) mass is 226 g/mol. The summed E-state index contributed by atoms with van der Waals surface area (Å²) in [6.45, 7) is 0.370. The molecule has 5 heteroatoms. The molecule has 1 N–H and O–H groups in total. The molecular formula is C9H8NO2S2-. The zero-order valence-corrected chi connectivity index (χ0v) is 8.86. The van der Waals surface area contributed by atoms with Crippen LogP contribution < -0.4 is 4.72 Å². The molecule has 0 saturated heterocycles. The molecule has 0 bridgehead atoms. The summed E-state index contributed by atoms with van der Waals surface area (Å²) in [7, 11) is 0. The van der Waals surface area contributed by atoms with Gasteiger partial charge in [-0.05, 0) is 17.5 Å². The van der Waals surface area contributed by atoms with E-state index >= 15 is 0 Å². The SMILES string of the molecule is O=S([O-])NCc1cc2ccccc2s1. The van der Waals surface area contributed by atoms with Gasteiger partial charge in [-0.25, -0.2) is 4.72 Å². The maximum atomic E-state index is 10.3. The lowest BCUT2D eigenvalue weighted by atomic mass is 10.2. The van der Waals surface area contributed by atoms with Crippen molar-refractivity contribution >= 4 is 32.7 Å². The van der Waals surface area contributed by atoms with Crippen molar-refractivity contribution in [2.45, 2.75) is 6.54 Å². The van der Waals surface area contributed by atoms with Gasteiger partial charge in [0.1, 0.15) is 0 Å². The van der Waals surface area contributed by atoms with E-state index < -0.39 is 11.3 Å². The van der Waals surface area contributed by atoms with Crippen LogP contribution in [-0.2, 0) is 17.8 Å². The third-order valence-electron chi connectivity index (χ3n) is 1.84. The van der Waals surface area contributed by atoms with Crippen LogP contribution in [0.4, 0.5) is 0 Å². The summed E-state index contributed by atoms with van der Waals surface area (Å²) in [6.07, 6.45) is 0. The zero-order valence-electron chi connectivity index (χ0n) is 7.23. The fourth-order valence-electron chi connectivity index (χ4n) is 1.25. The van der Waals surface area contributed by atoms with E-state index in [1.54, 1.807) is 11.3 Å². The van der Waals surface area contributed by atoms with Crippen molar-refractivity contribution in [3.63, 3.8) is 0 Å². The molecule has 0 saturated carbocycles. The minimum Gasteiger partial charge on any atom is -0.760 e. The second-order valence-electron chi connectivity index (χ2n) is 2.81. The number of hydrogen-bond acceptors (Lipinski definition) is 3. The first kappa shape index (κ1) is 9.79. The largest absolute Gasteiger partial charge is 0.760 e. The van der Waals surface area contributed by atoms with Gasteiger partial charge in [0.15, 0.2) is 0 Å². The summed E-state index contributed by atoms with van der Waals surface area (Å²) in [5.41, 5.74) is 0. The molecule has 0 spiro atoms. The van der Waals surface area contributed by atoms with Crippen LogP contribution in [0.5, 0.6) is 0 Å². The summed E-state index contributed by atoms with van der Waals surface area (Å²) in [4.78, 5) is 1.02. The molecule has 0 radical (unpaired) electrons. The fourth-order valence-corrected chi connectivity index (χ4v) is 2.62. The van der Waals surface area contributed by atoms with Crippen molar-refractivity contribution in [3.05, 3.63) is 35.2 Å². The Kier molecular flexibility index (Phi) is 2.93. The van der Waals surface area contributed by atoms with Gasteiger partial charge >= 0.3 is 0 Å². The second kappa shape index (κ2) is 4.18. The minimum absolute atomic E-state index is 0.370. The minimum atomic E-state index is -2.18. The quantitative estimate of drug-likeness (QED) is 0.811. The highest BCUT2D eigenvalue weighted by Crippen LogP contribution is 2.24. The van der Waals surface area contributed by atoms with Gasteiger partial charge in [0, 0.05) is 27.4 Å². The molecule has 0 fully saturated rings. The number of benzene rings is 1. The zero-order chi connectivity index (χ0) is 9.97. The Bertz CT molecular complexity index is 434. The van der Waals surface area contributed by atoms with Gasteiger partial charge in [-0.1, -0.05) is 18.2 Å². The Morgan fingerprint density at radius 3 is 2.93 bits per heavy atom. The van der Waals surface area contributed by atoms with Crippen LogP contribution in [0.1, 0.15) is 4.88 Å². The molecular weight excluding hydrogens is 218 g/mol. The lowest BCUT2D eigenvalue weighted by Crippen LogP contribution is -2.14. The van der Waals surface area contributed by atoms with Crippen molar-refractivity contribution in [1.82, 2.24) is 4.72 Å². The molecule has 1 heterocycles. The molecule has 3 nitrogen and oxygen atoms in total. The Labute approximate surface area is 88.2 Å². The molecule has 0 aliphatic carbocycles. The number of nitrogens with one attached hydrogen (secondary N) is 1. The van der Waals surface area contributed by atoms with Gasteiger partial charge in [0.2, 0.25) is 0 Å². The number of fused-ring (bicyclic) bond motifs is 1. The van der Waals surface area contributed by atoms with Crippen LogP contribution >= 0.6 is 11.3 Å². The van der Waals surface area contributed by atoms with Crippen molar-refractivity contribution in [1.29, 1.82) is 0 Å². The van der Waals surface area contributed by atoms with Crippen LogP contribution in [0.2, 0.25) is 0 Å². The van der Waals surface area contributed by atoms with Crippen LogP contribution in [-0.4, -0.2) is 8.76 Å². The topological polar surface area (TPSA) is 52.2 Å². The molecule has 74 valence electrons. The highest BCUT2D eigenvalue weighted by molar-refractivity contribution is 7.77. The third-order valence-corrected chi connectivity index (χ3v) is 3.34. The fraction of sp³-hybridized carbons (Fsp3) is 0.111. The highest BCUT2D eigenvalue weighted by atomic mass is 32.2. The third kappa shape index (κ3) is 2.19. The predicted molar refractivity (Wildman–Crippen MR) is 57.6 cm³/mol. The Morgan fingerprint density at radius 2 is 2.21 bits per heavy atom. The van der Waals surface area contributed by atoms with E-state index in [0.29, 0.717) is 6.54 Å². The summed E-state index contributed by atoms with van der Waals surface area (Å²) in [5.74, 6) is 0.